The maximum Gasteiger partial charge on any atom is 0.259 e. The Labute approximate surface area is 181 Å². The highest BCUT2D eigenvalue weighted by atomic mass is 35.5. The van der Waals surface area contributed by atoms with Crippen molar-refractivity contribution in [1.82, 2.24) is 0 Å². The van der Waals surface area contributed by atoms with Crippen LogP contribution in [0.4, 0.5) is 10.1 Å². The molecular weight excluding hydrogens is 434 g/mol. The fourth-order valence-electron chi connectivity index (χ4n) is 2.58. The molecule has 0 atom stereocenters. The van der Waals surface area contributed by atoms with E-state index in [0.29, 0.717) is 5.69 Å². The predicted octanol–water partition coefficient (Wildman–Crippen LogP) is 5.28. The van der Waals surface area contributed by atoms with E-state index in [9.17, 15) is 14.0 Å². The molecule has 0 heterocycles. The number of hydrogen-bond donors (Lipinski definition) is 2. The molecule has 6 nitrogen and oxygen atoms in total. The summed E-state index contributed by atoms with van der Waals surface area (Å²) in [6.07, 6.45) is 0. The molecule has 0 spiro atoms. The van der Waals surface area contributed by atoms with Crippen LogP contribution in [0.5, 0.6) is 17.2 Å². The Morgan fingerprint density at radius 2 is 1.73 bits per heavy atom. The average molecular weight is 449 g/mol. The number of anilines is 1. The van der Waals surface area contributed by atoms with Gasteiger partial charge in [-0.15, -0.1) is 0 Å². The first kappa shape index (κ1) is 21.4. The lowest BCUT2D eigenvalue weighted by Gasteiger charge is -2.14. The lowest BCUT2D eigenvalue weighted by molar-refractivity contribution is 0.0995. The van der Waals surface area contributed by atoms with Gasteiger partial charge in [0.05, 0.1) is 22.7 Å². The Kier molecular flexibility index (Phi) is 6.44. The van der Waals surface area contributed by atoms with Gasteiger partial charge in [0, 0.05) is 23.4 Å². The fraction of sp³-hybridized carbons (Fsp3) is 0.0476. The van der Waals surface area contributed by atoms with Crippen molar-refractivity contribution in [1.29, 1.82) is 0 Å². The second-order valence-electron chi connectivity index (χ2n) is 6.06. The topological polar surface area (TPSA) is 90.7 Å². The molecule has 3 aromatic carbocycles. The smallest absolute Gasteiger partial charge is 0.259 e. The summed E-state index contributed by atoms with van der Waals surface area (Å²) >= 11 is 12.1. The molecule has 0 aliphatic carbocycles. The van der Waals surface area contributed by atoms with Gasteiger partial charge in [0.25, 0.3) is 5.91 Å². The van der Waals surface area contributed by atoms with Gasteiger partial charge in [-0.3, -0.25) is 9.59 Å². The molecule has 154 valence electrons. The van der Waals surface area contributed by atoms with Crippen LogP contribution < -0.4 is 20.5 Å². The van der Waals surface area contributed by atoms with E-state index in [1.807, 2.05) is 0 Å². The van der Waals surface area contributed by atoms with Crippen LogP contribution in [0.1, 0.15) is 20.7 Å². The van der Waals surface area contributed by atoms with Crippen LogP contribution in [-0.4, -0.2) is 18.9 Å². The SMILES string of the molecule is COc1ccc(Oc2cc(Cl)c(Cl)cc2C(=O)Nc2cccc(C(N)=O)c2)cc1F. The second-order valence-corrected chi connectivity index (χ2v) is 6.87. The zero-order valence-electron chi connectivity index (χ0n) is 15.5. The first-order chi connectivity index (χ1) is 14.3. The van der Waals surface area contributed by atoms with Crippen LogP contribution in [0.3, 0.4) is 0 Å². The van der Waals surface area contributed by atoms with Crippen molar-refractivity contribution < 1.29 is 23.5 Å². The van der Waals surface area contributed by atoms with Gasteiger partial charge in [0.2, 0.25) is 5.91 Å². The predicted molar refractivity (Wildman–Crippen MR) is 112 cm³/mol. The van der Waals surface area contributed by atoms with Crippen molar-refractivity contribution in [3.63, 3.8) is 0 Å². The maximum atomic E-state index is 14.0. The number of nitrogens with one attached hydrogen (secondary N) is 1. The van der Waals surface area contributed by atoms with E-state index in [2.05, 4.69) is 5.32 Å². The van der Waals surface area contributed by atoms with Gasteiger partial charge in [-0.25, -0.2) is 4.39 Å². The Balaban J connectivity index is 1.93. The number of carbonyl (C=O) groups is 2. The van der Waals surface area contributed by atoms with E-state index in [1.165, 1.54) is 43.5 Å². The molecule has 0 bridgehead atoms. The van der Waals surface area contributed by atoms with Crippen molar-refractivity contribution in [3.8, 4) is 17.2 Å². The van der Waals surface area contributed by atoms with Gasteiger partial charge in [-0.1, -0.05) is 29.3 Å². The molecule has 30 heavy (non-hydrogen) atoms. The van der Waals surface area contributed by atoms with Gasteiger partial charge in [0.1, 0.15) is 11.5 Å². The molecule has 3 aromatic rings. The normalized spacial score (nSPS) is 10.4. The number of hydrogen-bond acceptors (Lipinski definition) is 4. The van der Waals surface area contributed by atoms with Crippen LogP contribution in [-0.2, 0) is 0 Å². The molecule has 3 N–H and O–H groups in total. The van der Waals surface area contributed by atoms with Gasteiger partial charge in [-0.2, -0.15) is 0 Å². The number of amides is 2. The Morgan fingerprint density at radius 3 is 2.40 bits per heavy atom. The fourth-order valence-corrected chi connectivity index (χ4v) is 2.89. The first-order valence-electron chi connectivity index (χ1n) is 8.50. The minimum Gasteiger partial charge on any atom is -0.494 e. The zero-order valence-corrected chi connectivity index (χ0v) is 17.1. The molecule has 0 fully saturated rings. The van der Waals surface area contributed by atoms with Crippen LogP contribution in [0.15, 0.2) is 54.6 Å². The summed E-state index contributed by atoms with van der Waals surface area (Å²) in [6, 6.07) is 12.7. The maximum absolute atomic E-state index is 14.0. The quantitative estimate of drug-likeness (QED) is 0.536. The number of ether oxygens (including phenoxy) is 2. The highest BCUT2D eigenvalue weighted by Crippen LogP contribution is 2.35. The summed E-state index contributed by atoms with van der Waals surface area (Å²) in [7, 11) is 1.34. The summed E-state index contributed by atoms with van der Waals surface area (Å²) in [5.41, 5.74) is 5.87. The molecule has 0 aromatic heterocycles. The lowest BCUT2D eigenvalue weighted by atomic mass is 10.1. The monoisotopic (exact) mass is 448 g/mol. The number of methoxy groups -OCH3 is 1. The Morgan fingerprint density at radius 1 is 1.00 bits per heavy atom. The first-order valence-corrected chi connectivity index (χ1v) is 9.25. The van der Waals surface area contributed by atoms with E-state index in [1.54, 1.807) is 12.1 Å². The van der Waals surface area contributed by atoms with Crippen molar-refractivity contribution >= 4 is 40.7 Å². The van der Waals surface area contributed by atoms with Crippen molar-refractivity contribution in [2.75, 3.05) is 12.4 Å². The second kappa shape index (κ2) is 9.02. The Hall–Kier alpha value is -3.29. The Bertz CT molecular complexity index is 1140. The summed E-state index contributed by atoms with van der Waals surface area (Å²) in [5.74, 6) is -1.63. The van der Waals surface area contributed by atoms with E-state index in [4.69, 9.17) is 38.4 Å². The molecule has 0 unspecified atom stereocenters. The van der Waals surface area contributed by atoms with E-state index in [0.717, 1.165) is 6.07 Å². The average Bonchev–Trinajstić information content (AvgIpc) is 2.70. The van der Waals surface area contributed by atoms with Gasteiger partial charge >= 0.3 is 0 Å². The molecule has 9 heteroatoms. The van der Waals surface area contributed by atoms with Crippen molar-refractivity contribution in [2.45, 2.75) is 0 Å². The molecule has 3 rings (SSSR count). The highest BCUT2D eigenvalue weighted by Gasteiger charge is 2.18. The summed E-state index contributed by atoms with van der Waals surface area (Å²) in [6.45, 7) is 0. The molecular formula is C21H15Cl2FN2O4. The van der Waals surface area contributed by atoms with Crippen molar-refractivity contribution in [3.05, 3.63) is 81.6 Å². The van der Waals surface area contributed by atoms with Crippen LogP contribution in [0.2, 0.25) is 10.0 Å². The summed E-state index contributed by atoms with van der Waals surface area (Å²) < 4.78 is 24.5. The minimum absolute atomic E-state index is 0.0452. The minimum atomic E-state index is -0.635. The lowest BCUT2D eigenvalue weighted by Crippen LogP contribution is -2.15. The summed E-state index contributed by atoms with van der Waals surface area (Å²) in [4.78, 5) is 24.2. The van der Waals surface area contributed by atoms with Gasteiger partial charge in [-0.05, 0) is 36.4 Å². The van der Waals surface area contributed by atoms with E-state index in [-0.39, 0.29) is 38.4 Å². The molecule has 0 saturated heterocycles. The third kappa shape index (κ3) is 4.82. The van der Waals surface area contributed by atoms with Gasteiger partial charge < -0.3 is 20.5 Å². The molecule has 2 amide bonds. The number of carbonyl (C=O) groups excluding carboxylic acids is 2. The largest absolute Gasteiger partial charge is 0.494 e. The number of benzene rings is 3. The van der Waals surface area contributed by atoms with Crippen LogP contribution in [0.25, 0.3) is 0 Å². The van der Waals surface area contributed by atoms with Crippen molar-refractivity contribution in [2.24, 2.45) is 5.73 Å². The van der Waals surface area contributed by atoms with E-state index >= 15 is 0 Å². The number of primary amides is 1. The van der Waals surface area contributed by atoms with Gasteiger partial charge in [0.15, 0.2) is 11.6 Å². The van der Waals surface area contributed by atoms with E-state index < -0.39 is 17.6 Å². The number of nitrogens with two attached hydrogens (primary N) is 1. The zero-order chi connectivity index (χ0) is 21.8. The number of rotatable bonds is 6. The van der Waals surface area contributed by atoms with Crippen LogP contribution >= 0.6 is 23.2 Å². The molecule has 0 saturated carbocycles. The molecule has 0 aliphatic rings. The number of halogens is 3. The molecule has 0 radical (unpaired) electrons. The van der Waals surface area contributed by atoms with Crippen LogP contribution in [0, 0.1) is 5.82 Å². The summed E-state index contributed by atoms with van der Waals surface area (Å²) in [5, 5.41) is 2.91. The molecule has 0 aliphatic heterocycles. The third-order valence-electron chi connectivity index (χ3n) is 4.02. The third-order valence-corrected chi connectivity index (χ3v) is 4.75. The standard InChI is InChI=1S/C21H15Cl2FN2O4/c1-29-18-6-5-13(8-17(18)24)30-19-10-16(23)15(22)9-14(19)21(28)26-12-4-2-3-11(7-12)20(25)27/h2-10H,1H3,(H2,25,27)(H,26,28). The highest BCUT2D eigenvalue weighted by molar-refractivity contribution is 6.42.